The van der Waals surface area contributed by atoms with E-state index in [0.717, 1.165) is 59.3 Å². The highest BCUT2D eigenvalue weighted by Crippen LogP contribution is 2.42. The Morgan fingerprint density at radius 3 is 1.69 bits per heavy atom. The summed E-state index contributed by atoms with van der Waals surface area (Å²) >= 11 is 0. The lowest BCUT2D eigenvalue weighted by Crippen LogP contribution is -2.51. The van der Waals surface area contributed by atoms with Gasteiger partial charge in [-0.25, -0.2) is 14.8 Å². The average molecular weight is 845 g/mol. The summed E-state index contributed by atoms with van der Waals surface area (Å²) in [5.74, 6) is 2.10. The molecule has 5 N–H and O–H groups in total. The molecule has 2 aliphatic heterocycles. The second kappa shape index (κ2) is 20.9. The third kappa shape index (κ3) is 10.3. The van der Waals surface area contributed by atoms with Crippen LogP contribution in [0.5, 0.6) is 11.5 Å². The Balaban J connectivity index is 1.28. The highest BCUT2D eigenvalue weighted by atomic mass is 16.5. The summed E-state index contributed by atoms with van der Waals surface area (Å²) in [6, 6.07) is 9.88. The number of ether oxygens (including phenoxy) is 6. The number of hydrogen-bond donors (Lipinski definition) is 4. The van der Waals surface area contributed by atoms with Crippen molar-refractivity contribution >= 4 is 17.9 Å². The van der Waals surface area contributed by atoms with E-state index >= 15 is 0 Å². The van der Waals surface area contributed by atoms with E-state index < -0.39 is 24.3 Å². The van der Waals surface area contributed by atoms with Gasteiger partial charge in [-0.3, -0.25) is 9.59 Å². The predicted octanol–water partition coefficient (Wildman–Crippen LogP) is 5.25. The molecule has 2 aromatic heterocycles. The number of methoxy groups -OCH3 is 4. The summed E-state index contributed by atoms with van der Waals surface area (Å²) < 4.78 is 33.5. The van der Waals surface area contributed by atoms with E-state index in [9.17, 15) is 14.4 Å². The standard InChI is InChI=1S/C44H60N8O9/c1-26(2)39(50-44(55)59-7)43(54)52-17-9-11-35(52)41-47-25-33(49-41)29-13-15-31(37(23-29)61-21-19-57-5)30-14-12-28(22-36(30)60-20-18-56-4)32-24-46-40(48-32)34-10-8-16-51(34)42(53)38(45)27(3)58-6/h12-15,22-27,34-35,38-39H,8-11,16-21,45H2,1-7H3,(H,46,48)(H,47,49)(H,50,55)/t27-,34+,35+,38+,39+/m1/s1. The number of likely N-dealkylation sites (tertiary alicyclic amines) is 2. The Morgan fingerprint density at radius 1 is 0.754 bits per heavy atom. The third-order valence-corrected chi connectivity index (χ3v) is 11.4. The first-order valence-corrected chi connectivity index (χ1v) is 20.9. The summed E-state index contributed by atoms with van der Waals surface area (Å²) in [5, 5.41) is 2.70. The molecular weight excluding hydrogens is 785 g/mol. The van der Waals surface area contributed by atoms with Gasteiger partial charge >= 0.3 is 6.09 Å². The fraction of sp³-hybridized carbons (Fsp3) is 0.523. The highest BCUT2D eigenvalue weighted by molar-refractivity contribution is 5.87. The first kappa shape index (κ1) is 45.0. The van der Waals surface area contributed by atoms with Crippen LogP contribution in [0.4, 0.5) is 4.79 Å². The third-order valence-electron chi connectivity index (χ3n) is 11.4. The topological polar surface area (TPSA) is 208 Å². The molecule has 0 bridgehead atoms. The minimum atomic E-state index is -0.768. The van der Waals surface area contributed by atoms with Crippen molar-refractivity contribution < 1.29 is 42.8 Å². The molecular formula is C44H60N8O9. The zero-order valence-electron chi connectivity index (χ0n) is 36.2. The Labute approximate surface area is 357 Å². The molecule has 2 saturated heterocycles. The number of aromatic amines is 2. The normalized spacial score (nSPS) is 18.0. The van der Waals surface area contributed by atoms with E-state index in [1.807, 2.05) is 50.2 Å². The van der Waals surface area contributed by atoms with Gasteiger partial charge in [0.15, 0.2) is 0 Å². The van der Waals surface area contributed by atoms with Crippen LogP contribution < -0.4 is 20.5 Å². The summed E-state index contributed by atoms with van der Waals surface area (Å²) in [6.07, 6.45) is 5.63. The fourth-order valence-corrected chi connectivity index (χ4v) is 7.89. The summed E-state index contributed by atoms with van der Waals surface area (Å²) in [5.41, 5.74) is 11.1. The van der Waals surface area contributed by atoms with Crippen LogP contribution in [0.25, 0.3) is 33.6 Å². The lowest BCUT2D eigenvalue weighted by atomic mass is 9.98. The number of alkyl carbamates (subject to hydrolysis) is 1. The van der Waals surface area contributed by atoms with Gasteiger partial charge in [0, 0.05) is 56.7 Å². The van der Waals surface area contributed by atoms with Crippen LogP contribution in [0.2, 0.25) is 0 Å². The zero-order chi connectivity index (χ0) is 43.6. The number of aromatic nitrogens is 4. The molecule has 2 aromatic carbocycles. The molecule has 3 amide bonds. The van der Waals surface area contributed by atoms with Crippen molar-refractivity contribution in [2.45, 2.75) is 76.7 Å². The van der Waals surface area contributed by atoms with Crippen molar-refractivity contribution in [1.82, 2.24) is 35.1 Å². The van der Waals surface area contributed by atoms with Crippen molar-refractivity contribution in [3.8, 4) is 45.1 Å². The SMILES string of the molecule is COCCOc1cc(-c2cnc([C@@H]3CCCN3C(=O)[C@@H](NC(=O)OC)C(C)C)[nH]2)ccc1-c1ccc(-c2cnc([C@@H]3CCCN3C(=O)[C@@H](N)[C@@H](C)OC)[nH]2)cc1OCCOC. The molecule has 2 aliphatic rings. The van der Waals surface area contributed by atoms with E-state index in [1.165, 1.54) is 7.11 Å². The van der Waals surface area contributed by atoms with E-state index in [1.54, 1.807) is 50.4 Å². The second-order valence-corrected chi connectivity index (χ2v) is 15.7. The Bertz CT molecular complexity index is 2100. The van der Waals surface area contributed by atoms with Crippen LogP contribution in [0.15, 0.2) is 48.8 Å². The van der Waals surface area contributed by atoms with Crippen molar-refractivity contribution in [2.24, 2.45) is 11.7 Å². The van der Waals surface area contributed by atoms with Gasteiger partial charge < -0.3 is 59.2 Å². The van der Waals surface area contributed by atoms with Crippen LogP contribution in [-0.2, 0) is 28.5 Å². The molecule has 0 unspecified atom stereocenters. The summed E-state index contributed by atoms with van der Waals surface area (Å²) in [7, 11) is 6.08. The number of rotatable bonds is 19. The highest BCUT2D eigenvalue weighted by Gasteiger charge is 2.38. The first-order valence-electron chi connectivity index (χ1n) is 20.9. The van der Waals surface area contributed by atoms with Crippen LogP contribution in [-0.4, -0.2) is 134 Å². The molecule has 0 radical (unpaired) electrons. The van der Waals surface area contributed by atoms with Gasteiger partial charge in [-0.15, -0.1) is 0 Å². The average Bonchev–Trinajstić information content (AvgIpc) is 4.12. The van der Waals surface area contributed by atoms with Gasteiger partial charge in [0.2, 0.25) is 11.8 Å². The minimum absolute atomic E-state index is 0.141. The first-order chi connectivity index (χ1) is 29.5. The fourth-order valence-electron chi connectivity index (χ4n) is 7.89. The van der Waals surface area contributed by atoms with Gasteiger partial charge in [0.25, 0.3) is 0 Å². The quantitative estimate of drug-likeness (QED) is 0.0893. The number of nitrogens with zero attached hydrogens (tertiary/aromatic N) is 4. The lowest BCUT2D eigenvalue weighted by molar-refractivity contribution is -0.137. The maximum absolute atomic E-state index is 13.7. The molecule has 17 heteroatoms. The number of carbonyl (C=O) groups is 3. The monoisotopic (exact) mass is 844 g/mol. The molecule has 4 heterocycles. The number of carbonyl (C=O) groups excluding carboxylic acids is 3. The Kier molecular flexibility index (Phi) is 15.4. The molecule has 5 atom stereocenters. The van der Waals surface area contributed by atoms with E-state index in [-0.39, 0.29) is 29.8 Å². The predicted molar refractivity (Wildman–Crippen MR) is 228 cm³/mol. The van der Waals surface area contributed by atoms with Gasteiger partial charge in [-0.2, -0.15) is 0 Å². The van der Waals surface area contributed by atoms with Gasteiger partial charge in [0.05, 0.1) is 62.3 Å². The molecule has 6 rings (SSSR count). The molecule has 17 nitrogen and oxygen atoms in total. The summed E-state index contributed by atoms with van der Waals surface area (Å²) in [6.45, 7) is 8.11. The smallest absolute Gasteiger partial charge is 0.407 e. The second-order valence-electron chi connectivity index (χ2n) is 15.7. The van der Waals surface area contributed by atoms with Crippen LogP contribution in [0.3, 0.4) is 0 Å². The maximum atomic E-state index is 13.7. The van der Waals surface area contributed by atoms with E-state index in [0.29, 0.717) is 62.7 Å². The molecule has 4 aromatic rings. The van der Waals surface area contributed by atoms with Crippen molar-refractivity contribution in [3.63, 3.8) is 0 Å². The number of nitrogens with two attached hydrogens (primary N) is 1. The molecule has 330 valence electrons. The van der Waals surface area contributed by atoms with E-state index in [2.05, 4.69) is 15.3 Å². The van der Waals surface area contributed by atoms with Gasteiger partial charge in [-0.1, -0.05) is 26.0 Å². The van der Waals surface area contributed by atoms with Crippen molar-refractivity contribution in [2.75, 3.05) is 68.0 Å². The zero-order valence-corrected chi connectivity index (χ0v) is 36.2. The van der Waals surface area contributed by atoms with Gasteiger partial charge in [-0.05, 0) is 62.8 Å². The molecule has 0 aliphatic carbocycles. The molecule has 0 saturated carbocycles. The number of amides is 3. The van der Waals surface area contributed by atoms with Gasteiger partial charge in [0.1, 0.15) is 48.4 Å². The number of imidazole rings is 2. The number of benzene rings is 2. The van der Waals surface area contributed by atoms with Crippen molar-refractivity contribution in [3.05, 3.63) is 60.4 Å². The number of nitrogens with one attached hydrogen (secondary N) is 3. The number of hydrogen-bond acceptors (Lipinski definition) is 12. The van der Waals surface area contributed by atoms with Crippen LogP contribution >= 0.6 is 0 Å². The molecule has 0 spiro atoms. The summed E-state index contributed by atoms with van der Waals surface area (Å²) in [4.78, 5) is 59.1. The minimum Gasteiger partial charge on any atom is -0.491 e. The largest absolute Gasteiger partial charge is 0.491 e. The van der Waals surface area contributed by atoms with Crippen molar-refractivity contribution in [1.29, 1.82) is 0 Å². The van der Waals surface area contributed by atoms with Crippen LogP contribution in [0.1, 0.15) is 70.2 Å². The maximum Gasteiger partial charge on any atom is 0.407 e. The molecule has 61 heavy (non-hydrogen) atoms. The van der Waals surface area contributed by atoms with E-state index in [4.69, 9.17) is 44.1 Å². The molecule has 2 fully saturated rings. The van der Waals surface area contributed by atoms with Crippen LogP contribution in [0, 0.1) is 5.92 Å². The Morgan fingerprint density at radius 2 is 1.25 bits per heavy atom. The lowest BCUT2D eigenvalue weighted by Gasteiger charge is -2.30. The number of H-pyrrole nitrogens is 2. The Hall–Kier alpha value is -5.49.